The molecule has 19 heavy (non-hydrogen) atoms. The number of benzene rings is 1. The van der Waals surface area contributed by atoms with Gasteiger partial charge in [-0.2, -0.15) is 0 Å². The Morgan fingerprint density at radius 2 is 1.79 bits per heavy atom. The number of thiocarbonyl (C=S) groups is 1. The van der Waals surface area contributed by atoms with E-state index in [0.717, 1.165) is 6.42 Å². The van der Waals surface area contributed by atoms with E-state index in [0.29, 0.717) is 25.0 Å². The average molecular weight is 288 g/mol. The molecule has 2 rings (SSSR count). The summed E-state index contributed by atoms with van der Waals surface area (Å²) in [7, 11) is 0. The maximum absolute atomic E-state index is 13.0. The lowest BCUT2D eigenvalue weighted by molar-refractivity contribution is -0.125. The number of nitrogens with two attached hydrogens (primary N) is 1. The standard InChI is InChI=1S/C12H11F3N2OS/c13-7-4-6(5-8(14)9(7)15)17-11(18)12(10(16)19)2-1-3-12/h4-5H,1-3H2,(H2,16,19)(H,17,18). The lowest BCUT2D eigenvalue weighted by Gasteiger charge is -2.39. The number of nitrogens with one attached hydrogen (secondary N) is 1. The Balaban J connectivity index is 2.22. The fourth-order valence-electron chi connectivity index (χ4n) is 1.99. The van der Waals surface area contributed by atoms with Crippen molar-refractivity contribution in [1.82, 2.24) is 0 Å². The van der Waals surface area contributed by atoms with Gasteiger partial charge in [0.25, 0.3) is 0 Å². The molecule has 1 aliphatic carbocycles. The molecule has 1 saturated carbocycles. The summed E-state index contributed by atoms with van der Waals surface area (Å²) in [6, 6.07) is 1.42. The van der Waals surface area contributed by atoms with E-state index in [1.54, 1.807) is 0 Å². The SMILES string of the molecule is NC(=S)C1(C(=O)Nc2cc(F)c(F)c(F)c2)CCC1. The van der Waals surface area contributed by atoms with Gasteiger partial charge in [0.05, 0.1) is 10.4 Å². The molecule has 102 valence electrons. The van der Waals surface area contributed by atoms with Gasteiger partial charge < -0.3 is 11.1 Å². The molecule has 0 aliphatic heterocycles. The summed E-state index contributed by atoms with van der Waals surface area (Å²) in [5.74, 6) is -4.83. The second kappa shape index (κ2) is 4.80. The van der Waals surface area contributed by atoms with Gasteiger partial charge in [-0.1, -0.05) is 18.6 Å². The van der Waals surface area contributed by atoms with Crippen LogP contribution in [0.5, 0.6) is 0 Å². The monoisotopic (exact) mass is 288 g/mol. The lowest BCUT2D eigenvalue weighted by atomic mass is 9.68. The minimum atomic E-state index is -1.58. The summed E-state index contributed by atoms with van der Waals surface area (Å²) in [6.07, 6.45) is 1.80. The highest BCUT2D eigenvalue weighted by Gasteiger charge is 2.47. The van der Waals surface area contributed by atoms with Crippen molar-refractivity contribution in [2.24, 2.45) is 11.1 Å². The Kier molecular flexibility index (Phi) is 3.49. The second-order valence-electron chi connectivity index (χ2n) is 4.51. The van der Waals surface area contributed by atoms with Crippen LogP contribution in [0.2, 0.25) is 0 Å². The molecule has 1 aromatic rings. The minimum Gasteiger partial charge on any atom is -0.392 e. The molecule has 7 heteroatoms. The predicted molar refractivity (Wildman–Crippen MR) is 68.0 cm³/mol. The maximum Gasteiger partial charge on any atom is 0.237 e. The molecule has 0 atom stereocenters. The van der Waals surface area contributed by atoms with E-state index in [1.165, 1.54) is 0 Å². The summed E-state index contributed by atoms with van der Waals surface area (Å²) in [6.45, 7) is 0. The van der Waals surface area contributed by atoms with Gasteiger partial charge in [-0.15, -0.1) is 0 Å². The van der Waals surface area contributed by atoms with E-state index in [2.05, 4.69) is 5.32 Å². The van der Waals surface area contributed by atoms with E-state index >= 15 is 0 Å². The first-order chi connectivity index (χ1) is 8.86. The smallest absolute Gasteiger partial charge is 0.237 e. The van der Waals surface area contributed by atoms with Crippen molar-refractivity contribution in [1.29, 1.82) is 0 Å². The molecule has 0 spiro atoms. The third-order valence-electron chi connectivity index (χ3n) is 3.36. The molecule has 3 N–H and O–H groups in total. The Morgan fingerprint density at radius 1 is 1.26 bits per heavy atom. The number of halogens is 3. The van der Waals surface area contributed by atoms with Crippen LogP contribution in [0.15, 0.2) is 12.1 Å². The zero-order chi connectivity index (χ0) is 14.2. The number of anilines is 1. The van der Waals surface area contributed by atoms with Crippen LogP contribution < -0.4 is 11.1 Å². The molecular formula is C12H11F3N2OS. The predicted octanol–water partition coefficient (Wildman–Crippen LogP) is 2.50. The Hall–Kier alpha value is -1.63. The summed E-state index contributed by atoms with van der Waals surface area (Å²) < 4.78 is 38.8. The van der Waals surface area contributed by atoms with Crippen LogP contribution in [-0.4, -0.2) is 10.9 Å². The number of hydrogen-bond donors (Lipinski definition) is 2. The van der Waals surface area contributed by atoms with Crippen LogP contribution in [0.25, 0.3) is 0 Å². The van der Waals surface area contributed by atoms with Gasteiger partial charge >= 0.3 is 0 Å². The van der Waals surface area contributed by atoms with Gasteiger partial charge in [-0.3, -0.25) is 4.79 Å². The third-order valence-corrected chi connectivity index (χ3v) is 3.75. The van der Waals surface area contributed by atoms with E-state index < -0.39 is 28.8 Å². The molecule has 3 nitrogen and oxygen atoms in total. The van der Waals surface area contributed by atoms with Gasteiger partial charge in [0.1, 0.15) is 0 Å². The largest absolute Gasteiger partial charge is 0.392 e. The molecule has 0 unspecified atom stereocenters. The average Bonchev–Trinajstić information content (AvgIpc) is 2.23. The van der Waals surface area contributed by atoms with Crippen LogP contribution in [-0.2, 0) is 4.79 Å². The normalized spacial score (nSPS) is 16.6. The van der Waals surface area contributed by atoms with Gasteiger partial charge in [0.15, 0.2) is 17.5 Å². The quantitative estimate of drug-likeness (QED) is 0.663. The molecule has 0 aromatic heterocycles. The van der Waals surface area contributed by atoms with Crippen molar-refractivity contribution < 1.29 is 18.0 Å². The van der Waals surface area contributed by atoms with E-state index in [1.807, 2.05) is 0 Å². The van der Waals surface area contributed by atoms with Crippen LogP contribution in [0.4, 0.5) is 18.9 Å². The zero-order valence-electron chi connectivity index (χ0n) is 9.80. The number of rotatable bonds is 3. The topological polar surface area (TPSA) is 55.1 Å². The number of hydrogen-bond acceptors (Lipinski definition) is 2. The summed E-state index contributed by atoms with van der Waals surface area (Å²) in [5.41, 5.74) is 4.41. The van der Waals surface area contributed by atoms with Crippen molar-refractivity contribution in [3.05, 3.63) is 29.6 Å². The second-order valence-corrected chi connectivity index (χ2v) is 4.95. The molecule has 0 radical (unpaired) electrons. The van der Waals surface area contributed by atoms with Crippen molar-refractivity contribution in [2.75, 3.05) is 5.32 Å². The van der Waals surface area contributed by atoms with Crippen LogP contribution in [0.1, 0.15) is 19.3 Å². The number of carbonyl (C=O) groups is 1. The van der Waals surface area contributed by atoms with Gasteiger partial charge in [-0.25, -0.2) is 13.2 Å². The van der Waals surface area contributed by atoms with Gasteiger partial charge in [-0.05, 0) is 12.8 Å². The first kappa shape index (κ1) is 13.8. The first-order valence-corrected chi connectivity index (χ1v) is 6.03. The van der Waals surface area contributed by atoms with Crippen molar-refractivity contribution in [2.45, 2.75) is 19.3 Å². The molecular weight excluding hydrogens is 277 g/mol. The van der Waals surface area contributed by atoms with Crippen LogP contribution in [0.3, 0.4) is 0 Å². The van der Waals surface area contributed by atoms with Crippen molar-refractivity contribution in [3.8, 4) is 0 Å². The van der Waals surface area contributed by atoms with Gasteiger partial charge in [0.2, 0.25) is 5.91 Å². The highest BCUT2D eigenvalue weighted by atomic mass is 32.1. The minimum absolute atomic E-state index is 0.0549. The lowest BCUT2D eigenvalue weighted by Crippen LogP contribution is -2.50. The van der Waals surface area contributed by atoms with Gasteiger partial charge in [0, 0.05) is 17.8 Å². The number of carbonyl (C=O) groups excluding carboxylic acids is 1. The number of amides is 1. The fraction of sp³-hybridized carbons (Fsp3) is 0.333. The summed E-state index contributed by atoms with van der Waals surface area (Å²) in [4.78, 5) is 12.1. The summed E-state index contributed by atoms with van der Waals surface area (Å²) >= 11 is 4.85. The van der Waals surface area contributed by atoms with Crippen LogP contribution >= 0.6 is 12.2 Å². The maximum atomic E-state index is 13.0. The molecule has 1 fully saturated rings. The van der Waals surface area contributed by atoms with Crippen LogP contribution in [0, 0.1) is 22.9 Å². The third kappa shape index (κ3) is 2.30. The molecule has 0 heterocycles. The van der Waals surface area contributed by atoms with E-state index in [9.17, 15) is 18.0 Å². The molecule has 1 aromatic carbocycles. The molecule has 1 amide bonds. The Bertz CT molecular complexity index is 535. The zero-order valence-corrected chi connectivity index (χ0v) is 10.6. The molecule has 0 saturated heterocycles. The fourth-order valence-corrected chi connectivity index (χ4v) is 2.29. The van der Waals surface area contributed by atoms with E-state index in [-0.39, 0.29) is 10.7 Å². The highest BCUT2D eigenvalue weighted by Crippen LogP contribution is 2.42. The molecule has 1 aliphatic rings. The van der Waals surface area contributed by atoms with Crippen molar-refractivity contribution in [3.63, 3.8) is 0 Å². The summed E-state index contributed by atoms with van der Waals surface area (Å²) in [5, 5.41) is 2.32. The van der Waals surface area contributed by atoms with E-state index in [4.69, 9.17) is 18.0 Å². The molecule has 0 bridgehead atoms. The van der Waals surface area contributed by atoms with Crippen molar-refractivity contribution >= 4 is 28.8 Å². The first-order valence-electron chi connectivity index (χ1n) is 5.63. The Morgan fingerprint density at radius 3 is 2.16 bits per heavy atom. The Labute approximate surface area is 113 Å². The highest BCUT2D eigenvalue weighted by molar-refractivity contribution is 7.80.